The Balaban J connectivity index is 2.25. The molecule has 0 aliphatic carbocycles. The first-order valence-electron chi connectivity index (χ1n) is 8.79. The fourth-order valence-corrected chi connectivity index (χ4v) is 3.74. The highest BCUT2D eigenvalue weighted by molar-refractivity contribution is 6.11. The van der Waals surface area contributed by atoms with Gasteiger partial charge in [0.25, 0.3) is 0 Å². The van der Waals surface area contributed by atoms with E-state index in [1.54, 1.807) is 21.3 Å². The lowest BCUT2D eigenvalue weighted by Crippen LogP contribution is -2.30. The van der Waals surface area contributed by atoms with Crippen molar-refractivity contribution in [1.82, 2.24) is 0 Å². The molecule has 0 atom stereocenters. The topological polar surface area (TPSA) is 31.6 Å². The third-order valence-corrected chi connectivity index (χ3v) is 5.05. The number of rotatable bonds is 4. The number of pyridine rings is 1. The molecule has 4 rings (SSSR count). The highest BCUT2D eigenvalue weighted by Gasteiger charge is 2.24. The molecule has 0 bridgehead atoms. The van der Waals surface area contributed by atoms with Crippen LogP contribution in [0.2, 0.25) is 0 Å². The molecule has 4 nitrogen and oxygen atoms in total. The van der Waals surface area contributed by atoms with Crippen LogP contribution in [0.4, 0.5) is 0 Å². The molecule has 0 radical (unpaired) electrons. The number of aryl methyl sites for hydroxylation is 1. The van der Waals surface area contributed by atoms with Gasteiger partial charge in [0.2, 0.25) is 11.0 Å². The van der Waals surface area contributed by atoms with Crippen LogP contribution in [-0.2, 0) is 7.05 Å². The van der Waals surface area contributed by atoms with Crippen LogP contribution in [0.5, 0.6) is 17.2 Å². The number of nitrogens with zero attached hydrogens (tertiary/aromatic N) is 1. The monoisotopic (exact) mass is 360 g/mol. The van der Waals surface area contributed by atoms with Crippen molar-refractivity contribution in [2.75, 3.05) is 21.3 Å². The molecule has 3 aromatic carbocycles. The van der Waals surface area contributed by atoms with Gasteiger partial charge in [0.1, 0.15) is 24.3 Å². The van der Waals surface area contributed by atoms with Crippen molar-refractivity contribution in [2.24, 2.45) is 7.05 Å². The fraction of sp³-hybridized carbons (Fsp3) is 0.174. The summed E-state index contributed by atoms with van der Waals surface area (Å²) < 4.78 is 19.0. The van der Waals surface area contributed by atoms with Crippen molar-refractivity contribution in [3.8, 4) is 28.4 Å². The van der Waals surface area contributed by atoms with Crippen molar-refractivity contribution in [3.05, 3.63) is 60.7 Å². The molecule has 0 aliphatic rings. The van der Waals surface area contributed by atoms with Crippen LogP contribution in [0.25, 0.3) is 32.9 Å². The molecule has 0 unspecified atom stereocenters. The van der Waals surface area contributed by atoms with Crippen molar-refractivity contribution in [3.63, 3.8) is 0 Å². The minimum atomic E-state index is 0.827. The Labute approximate surface area is 158 Å². The van der Waals surface area contributed by atoms with Gasteiger partial charge in [-0.2, -0.15) is 4.57 Å². The van der Waals surface area contributed by atoms with Gasteiger partial charge < -0.3 is 14.2 Å². The Morgan fingerprint density at radius 1 is 0.630 bits per heavy atom. The summed E-state index contributed by atoms with van der Waals surface area (Å²) in [6, 6.07) is 20.4. The van der Waals surface area contributed by atoms with Gasteiger partial charge >= 0.3 is 0 Å². The molecular weight excluding hydrogens is 338 g/mol. The Kier molecular flexibility index (Phi) is 4.32. The Bertz CT molecular complexity index is 1070. The average Bonchev–Trinajstić information content (AvgIpc) is 2.73. The van der Waals surface area contributed by atoms with Crippen LogP contribution in [0, 0.1) is 0 Å². The van der Waals surface area contributed by atoms with Crippen molar-refractivity contribution in [2.45, 2.75) is 0 Å². The van der Waals surface area contributed by atoms with E-state index in [0.29, 0.717) is 0 Å². The second kappa shape index (κ2) is 6.80. The van der Waals surface area contributed by atoms with E-state index in [1.165, 1.54) is 0 Å². The molecule has 27 heavy (non-hydrogen) atoms. The number of hydrogen-bond acceptors (Lipinski definition) is 3. The molecule has 0 amide bonds. The lowest BCUT2D eigenvalue weighted by atomic mass is 9.94. The van der Waals surface area contributed by atoms with Crippen LogP contribution in [-0.4, -0.2) is 21.3 Å². The third-order valence-electron chi connectivity index (χ3n) is 5.05. The number of benzene rings is 3. The van der Waals surface area contributed by atoms with E-state index < -0.39 is 0 Å². The molecule has 0 N–H and O–H groups in total. The van der Waals surface area contributed by atoms with E-state index in [4.69, 9.17) is 14.2 Å². The molecule has 0 saturated carbocycles. The number of fused-ring (bicyclic) bond motifs is 2. The molecule has 0 fully saturated rings. The summed E-state index contributed by atoms with van der Waals surface area (Å²) in [7, 11) is 7.16. The van der Waals surface area contributed by atoms with Gasteiger partial charge in [-0.25, -0.2) is 0 Å². The third kappa shape index (κ3) is 2.65. The predicted molar refractivity (Wildman–Crippen MR) is 108 cm³/mol. The normalized spacial score (nSPS) is 11.0. The van der Waals surface area contributed by atoms with E-state index in [1.807, 2.05) is 36.4 Å². The summed E-state index contributed by atoms with van der Waals surface area (Å²) in [6.07, 6.45) is 0. The van der Waals surface area contributed by atoms with Gasteiger partial charge in [0.15, 0.2) is 0 Å². The summed E-state index contributed by atoms with van der Waals surface area (Å²) >= 11 is 0. The maximum atomic E-state index is 5.73. The zero-order valence-corrected chi connectivity index (χ0v) is 15.9. The highest BCUT2D eigenvalue weighted by Crippen LogP contribution is 2.42. The van der Waals surface area contributed by atoms with Gasteiger partial charge in [-0.3, -0.25) is 0 Å². The molecule has 1 heterocycles. The molecule has 4 aromatic rings. The van der Waals surface area contributed by atoms with Crippen LogP contribution in [0.1, 0.15) is 0 Å². The first-order chi connectivity index (χ1) is 13.2. The zero-order chi connectivity index (χ0) is 19.0. The molecule has 4 heteroatoms. The molecule has 0 aliphatic heterocycles. The molecule has 1 aromatic heterocycles. The summed E-state index contributed by atoms with van der Waals surface area (Å²) in [6.45, 7) is 0. The molecule has 0 spiro atoms. The maximum Gasteiger partial charge on any atom is 0.217 e. The largest absolute Gasteiger partial charge is 0.497 e. The Morgan fingerprint density at radius 2 is 1.15 bits per heavy atom. The maximum absolute atomic E-state index is 5.73. The van der Waals surface area contributed by atoms with Gasteiger partial charge in [-0.1, -0.05) is 24.3 Å². The lowest BCUT2D eigenvalue weighted by Gasteiger charge is -2.15. The van der Waals surface area contributed by atoms with Crippen molar-refractivity contribution >= 4 is 21.8 Å². The van der Waals surface area contributed by atoms with Crippen molar-refractivity contribution in [1.29, 1.82) is 0 Å². The molecular formula is C23H22NO3+. The van der Waals surface area contributed by atoms with E-state index in [9.17, 15) is 0 Å². The van der Waals surface area contributed by atoms with Crippen LogP contribution in [0.3, 0.4) is 0 Å². The van der Waals surface area contributed by atoms with E-state index >= 15 is 0 Å². The number of hydrogen-bond donors (Lipinski definition) is 0. The van der Waals surface area contributed by atoms with E-state index in [0.717, 1.165) is 50.2 Å². The van der Waals surface area contributed by atoms with Gasteiger partial charge in [0.05, 0.1) is 32.1 Å². The van der Waals surface area contributed by atoms with E-state index in [2.05, 4.69) is 35.9 Å². The van der Waals surface area contributed by atoms with Gasteiger partial charge in [-0.15, -0.1) is 0 Å². The molecule has 136 valence electrons. The summed E-state index contributed by atoms with van der Waals surface area (Å²) in [4.78, 5) is 0. The minimum Gasteiger partial charge on any atom is -0.497 e. The van der Waals surface area contributed by atoms with Crippen LogP contribution in [0.15, 0.2) is 60.7 Å². The summed E-state index contributed by atoms with van der Waals surface area (Å²) in [5.41, 5.74) is 4.37. The summed E-state index contributed by atoms with van der Waals surface area (Å²) in [5, 5.41) is 2.12. The Hall–Kier alpha value is -3.27. The second-order valence-corrected chi connectivity index (χ2v) is 6.37. The predicted octanol–water partition coefficient (Wildman–Crippen LogP) is 4.51. The quantitative estimate of drug-likeness (QED) is 0.396. The molecule has 0 saturated heterocycles. The van der Waals surface area contributed by atoms with Gasteiger partial charge in [-0.05, 0) is 29.8 Å². The minimum absolute atomic E-state index is 0.827. The Morgan fingerprint density at radius 3 is 1.59 bits per heavy atom. The number of ether oxygens (including phenoxy) is 3. The summed E-state index contributed by atoms with van der Waals surface area (Å²) in [5.74, 6) is 2.50. The second-order valence-electron chi connectivity index (χ2n) is 6.37. The average molecular weight is 360 g/mol. The van der Waals surface area contributed by atoms with Gasteiger partial charge in [0, 0.05) is 17.7 Å². The van der Waals surface area contributed by atoms with Crippen molar-refractivity contribution < 1.29 is 18.8 Å². The first kappa shape index (κ1) is 17.2. The van der Waals surface area contributed by atoms with Crippen LogP contribution < -0.4 is 18.8 Å². The fourth-order valence-electron chi connectivity index (χ4n) is 3.74. The first-order valence-corrected chi connectivity index (χ1v) is 8.79. The smallest absolute Gasteiger partial charge is 0.217 e. The number of aromatic nitrogens is 1. The van der Waals surface area contributed by atoms with E-state index in [-0.39, 0.29) is 0 Å². The lowest BCUT2D eigenvalue weighted by molar-refractivity contribution is -0.617. The SMILES string of the molecule is COc1ccc(-c2c3c(OC)cccc3[n+](C)c3cccc(OC)c23)cc1. The number of methoxy groups -OCH3 is 3. The standard InChI is InChI=1S/C23H22NO3/c1-24-17-7-5-9-19(26-3)22(17)21(15-11-13-16(25-2)14-12-15)23-18(24)8-6-10-20(23)27-4/h5-14H,1-4H3/q+1. The zero-order valence-electron chi connectivity index (χ0n) is 15.9. The van der Waals surface area contributed by atoms with Crippen LogP contribution >= 0.6 is 0 Å². The highest BCUT2D eigenvalue weighted by atomic mass is 16.5.